The van der Waals surface area contributed by atoms with E-state index in [0.29, 0.717) is 39.8 Å². The van der Waals surface area contributed by atoms with E-state index in [1.165, 1.54) is 26.0 Å². The molecule has 0 atom stereocenters. The van der Waals surface area contributed by atoms with Gasteiger partial charge in [-0.2, -0.15) is 0 Å². The van der Waals surface area contributed by atoms with E-state index in [1.807, 2.05) is 19.9 Å². The van der Waals surface area contributed by atoms with Gasteiger partial charge in [0.05, 0.1) is 26.2 Å². The number of hydrogen-bond donors (Lipinski definition) is 1. The molecule has 0 saturated heterocycles. The average molecular weight is 515 g/mol. The number of ether oxygens (including phenoxy) is 2. The second-order valence-corrected chi connectivity index (χ2v) is 11.1. The summed E-state index contributed by atoms with van der Waals surface area (Å²) in [5.74, 6) is 1.53. The summed E-state index contributed by atoms with van der Waals surface area (Å²) in [6.07, 6.45) is 6.57. The molecule has 1 fully saturated rings. The third kappa shape index (κ3) is 4.95. The number of benzene rings is 2. The van der Waals surface area contributed by atoms with Crippen molar-refractivity contribution in [3.05, 3.63) is 47.5 Å². The van der Waals surface area contributed by atoms with Crippen LogP contribution in [0.2, 0.25) is 0 Å². The summed E-state index contributed by atoms with van der Waals surface area (Å²) in [7, 11) is 1.04. The van der Waals surface area contributed by atoms with E-state index in [0.717, 1.165) is 33.8 Å². The molecule has 1 aromatic heterocycles. The minimum absolute atomic E-state index is 0.0593. The monoisotopic (exact) mass is 514 g/mol. The molecule has 8 nitrogen and oxygen atoms in total. The van der Waals surface area contributed by atoms with Gasteiger partial charge in [0.1, 0.15) is 17.3 Å². The number of anilines is 2. The number of methoxy groups -OCH3 is 2. The van der Waals surface area contributed by atoms with E-state index in [4.69, 9.17) is 9.47 Å². The number of nitrogens with zero attached hydrogens (tertiary/aromatic N) is 3. The van der Waals surface area contributed by atoms with Crippen molar-refractivity contribution in [1.29, 1.82) is 0 Å². The Morgan fingerprint density at radius 3 is 2.06 bits per heavy atom. The van der Waals surface area contributed by atoms with Crippen molar-refractivity contribution in [1.82, 2.24) is 9.97 Å². The lowest BCUT2D eigenvalue weighted by Gasteiger charge is -2.23. The Bertz CT molecular complexity index is 1390. The van der Waals surface area contributed by atoms with Crippen LogP contribution in [0.4, 0.5) is 16.0 Å². The molecule has 0 spiro atoms. The Balaban J connectivity index is 1.79. The fourth-order valence-corrected chi connectivity index (χ4v) is 4.69. The normalized spacial score (nSPS) is 13.4. The van der Waals surface area contributed by atoms with Crippen LogP contribution in [0, 0.1) is 25.6 Å². The van der Waals surface area contributed by atoms with Crippen molar-refractivity contribution in [3.63, 3.8) is 0 Å². The fourth-order valence-electron chi connectivity index (χ4n) is 4.30. The van der Waals surface area contributed by atoms with Crippen molar-refractivity contribution in [3.8, 4) is 33.8 Å². The van der Waals surface area contributed by atoms with Crippen LogP contribution in [0.25, 0.3) is 22.3 Å². The largest absolute Gasteiger partial charge is 0.496 e. The minimum atomic E-state index is -3.49. The van der Waals surface area contributed by atoms with E-state index >= 15 is 0 Å². The summed E-state index contributed by atoms with van der Waals surface area (Å²) in [6.45, 7) is 4.56. The number of halogens is 1. The zero-order chi connectivity index (χ0) is 26.2. The highest BCUT2D eigenvalue weighted by Gasteiger charge is 2.25. The van der Waals surface area contributed by atoms with E-state index in [1.54, 1.807) is 32.7 Å². The molecule has 1 heterocycles. The summed E-state index contributed by atoms with van der Waals surface area (Å²) < 4.78 is 51.3. The van der Waals surface area contributed by atoms with Gasteiger partial charge >= 0.3 is 0 Å². The van der Waals surface area contributed by atoms with Crippen molar-refractivity contribution < 1.29 is 22.3 Å². The van der Waals surface area contributed by atoms with Gasteiger partial charge in [-0.15, -0.1) is 0 Å². The molecule has 192 valence electrons. The van der Waals surface area contributed by atoms with Crippen molar-refractivity contribution in [2.45, 2.75) is 26.7 Å². The molecule has 4 rings (SSSR count). The lowest BCUT2D eigenvalue weighted by molar-refractivity contribution is 0.401. The molecular formula is C26H31FN4O4S. The van der Waals surface area contributed by atoms with Gasteiger partial charge in [0.15, 0.2) is 0 Å². The van der Waals surface area contributed by atoms with Crippen LogP contribution in [0.5, 0.6) is 11.5 Å². The second-order valence-electron chi connectivity index (χ2n) is 9.09. The maximum atomic E-state index is 15.0. The SMILES string of the molecule is COc1c(C)c(-c2ccc(NCC3CC3)c(F)c2)c(OC)c(C)c1-c1cnc(N(C)S(C)(=O)=O)nc1. The molecule has 2 aromatic carbocycles. The lowest BCUT2D eigenvalue weighted by atomic mass is 9.90. The predicted octanol–water partition coefficient (Wildman–Crippen LogP) is 4.80. The number of aromatic nitrogens is 2. The van der Waals surface area contributed by atoms with E-state index in [-0.39, 0.29) is 11.8 Å². The molecule has 1 aliphatic rings. The Hall–Kier alpha value is -3.40. The van der Waals surface area contributed by atoms with E-state index < -0.39 is 10.0 Å². The first-order valence-electron chi connectivity index (χ1n) is 11.6. The topological polar surface area (TPSA) is 93.6 Å². The zero-order valence-corrected chi connectivity index (χ0v) is 22.2. The highest BCUT2D eigenvalue weighted by atomic mass is 32.2. The zero-order valence-electron chi connectivity index (χ0n) is 21.3. The first kappa shape index (κ1) is 25.7. The molecule has 0 amide bonds. The first-order valence-corrected chi connectivity index (χ1v) is 13.5. The molecular weight excluding hydrogens is 483 g/mol. The third-order valence-electron chi connectivity index (χ3n) is 6.54. The maximum absolute atomic E-state index is 15.0. The van der Waals surface area contributed by atoms with Crippen LogP contribution in [0.3, 0.4) is 0 Å². The molecule has 1 saturated carbocycles. The molecule has 36 heavy (non-hydrogen) atoms. The number of rotatable bonds is 9. The number of sulfonamides is 1. The van der Waals surface area contributed by atoms with Gasteiger partial charge in [-0.25, -0.2) is 27.1 Å². The van der Waals surface area contributed by atoms with E-state index in [2.05, 4.69) is 15.3 Å². The molecule has 1 aliphatic carbocycles. The number of hydrogen-bond acceptors (Lipinski definition) is 7. The highest BCUT2D eigenvalue weighted by Crippen LogP contribution is 2.48. The lowest BCUT2D eigenvalue weighted by Crippen LogP contribution is -2.26. The van der Waals surface area contributed by atoms with Gasteiger partial charge in [-0.05, 0) is 50.3 Å². The van der Waals surface area contributed by atoms with E-state index in [9.17, 15) is 12.8 Å². The molecule has 10 heteroatoms. The van der Waals surface area contributed by atoms with Crippen LogP contribution in [0.15, 0.2) is 30.6 Å². The minimum Gasteiger partial charge on any atom is -0.496 e. The summed E-state index contributed by atoms with van der Waals surface area (Å²) >= 11 is 0. The van der Waals surface area contributed by atoms with Gasteiger partial charge in [0.2, 0.25) is 16.0 Å². The molecule has 1 N–H and O–H groups in total. The van der Waals surface area contributed by atoms with Crippen LogP contribution >= 0.6 is 0 Å². The average Bonchev–Trinajstić information content (AvgIpc) is 3.67. The summed E-state index contributed by atoms with van der Waals surface area (Å²) in [6, 6.07) is 5.14. The Morgan fingerprint density at radius 1 is 1.03 bits per heavy atom. The Labute approximate surface area is 211 Å². The van der Waals surface area contributed by atoms with Crippen LogP contribution < -0.4 is 19.1 Å². The number of nitrogens with one attached hydrogen (secondary N) is 1. The summed E-state index contributed by atoms with van der Waals surface area (Å²) in [5.41, 5.74) is 4.77. The molecule has 3 aromatic rings. The quantitative estimate of drug-likeness (QED) is 0.438. The Kier molecular flexibility index (Phi) is 7.08. The third-order valence-corrected chi connectivity index (χ3v) is 7.69. The standard InChI is InChI=1S/C26H31FN4O4S/c1-15-22(18-9-10-21(20(27)11-18)28-12-17-7-8-17)24(34-4)16(2)23(25(15)35-5)19-13-29-26(30-14-19)31(3)36(6,32)33/h9-11,13-14,17,28H,7-8,12H2,1-6H3. The van der Waals surface area contributed by atoms with Gasteiger partial charge in [-0.1, -0.05) is 6.07 Å². The summed E-state index contributed by atoms with van der Waals surface area (Å²) in [4.78, 5) is 8.48. The molecule has 0 radical (unpaired) electrons. The van der Waals surface area contributed by atoms with Gasteiger partial charge in [0, 0.05) is 53.8 Å². The highest BCUT2D eigenvalue weighted by molar-refractivity contribution is 7.92. The van der Waals surface area contributed by atoms with Gasteiger partial charge in [0.25, 0.3) is 0 Å². The molecule has 0 unspecified atom stereocenters. The van der Waals surface area contributed by atoms with Crippen LogP contribution in [0.1, 0.15) is 24.0 Å². The molecule has 0 bridgehead atoms. The van der Waals surface area contributed by atoms with Crippen molar-refractivity contribution >= 4 is 21.7 Å². The predicted molar refractivity (Wildman–Crippen MR) is 140 cm³/mol. The van der Waals surface area contributed by atoms with Crippen molar-refractivity contribution in [2.75, 3.05) is 43.7 Å². The van der Waals surface area contributed by atoms with Gasteiger partial charge in [-0.3, -0.25) is 0 Å². The first-order chi connectivity index (χ1) is 17.1. The molecule has 0 aliphatic heterocycles. The van der Waals surface area contributed by atoms with Gasteiger partial charge < -0.3 is 14.8 Å². The fraction of sp³-hybridized carbons (Fsp3) is 0.385. The maximum Gasteiger partial charge on any atom is 0.238 e. The van der Waals surface area contributed by atoms with Crippen LogP contribution in [-0.2, 0) is 10.0 Å². The smallest absolute Gasteiger partial charge is 0.238 e. The van der Waals surface area contributed by atoms with Crippen molar-refractivity contribution in [2.24, 2.45) is 5.92 Å². The van der Waals surface area contributed by atoms with Crippen LogP contribution in [-0.4, -0.2) is 52.5 Å². The summed E-state index contributed by atoms with van der Waals surface area (Å²) in [5, 5.41) is 3.20. The second kappa shape index (κ2) is 9.93. The Morgan fingerprint density at radius 2 is 1.58 bits per heavy atom.